The Morgan fingerprint density at radius 1 is 0.885 bits per heavy atom. The summed E-state index contributed by atoms with van der Waals surface area (Å²) >= 11 is 1.90. The van der Waals surface area contributed by atoms with E-state index in [1.54, 1.807) is 4.88 Å². The first kappa shape index (κ1) is 24.1. The zero-order valence-corrected chi connectivity index (χ0v) is 19.0. The van der Waals surface area contributed by atoms with Gasteiger partial charge in [0.25, 0.3) is 0 Å². The van der Waals surface area contributed by atoms with Gasteiger partial charge in [-0.2, -0.15) is 0 Å². The first-order chi connectivity index (χ1) is 12.9. The van der Waals surface area contributed by atoms with Gasteiger partial charge in [-0.15, -0.1) is 19.9 Å². The van der Waals surface area contributed by atoms with Gasteiger partial charge in [0, 0.05) is 18.1 Å². The molecule has 0 spiro atoms. The highest BCUT2D eigenvalue weighted by molar-refractivity contribution is 7.37. The smallest absolute Gasteiger partial charge is 0.157 e. The molecule has 4 heteroatoms. The van der Waals surface area contributed by atoms with Crippen molar-refractivity contribution in [3.63, 3.8) is 0 Å². The van der Waals surface area contributed by atoms with Gasteiger partial charge in [0.15, 0.2) is 6.29 Å². The van der Waals surface area contributed by atoms with Crippen molar-refractivity contribution in [3.05, 3.63) is 22.4 Å². The lowest BCUT2D eigenvalue weighted by Crippen LogP contribution is -2.18. The van der Waals surface area contributed by atoms with E-state index in [2.05, 4.69) is 31.4 Å². The van der Waals surface area contributed by atoms with Gasteiger partial charge >= 0.3 is 0 Å². The molecule has 2 nitrogen and oxygen atoms in total. The molecule has 0 aliphatic rings. The van der Waals surface area contributed by atoms with E-state index in [9.17, 15) is 0 Å². The van der Waals surface area contributed by atoms with Crippen molar-refractivity contribution in [2.24, 2.45) is 0 Å². The van der Waals surface area contributed by atoms with E-state index in [0.717, 1.165) is 41.1 Å². The van der Waals surface area contributed by atoms with E-state index < -0.39 is 0 Å². The van der Waals surface area contributed by atoms with Crippen molar-refractivity contribution >= 4 is 19.9 Å². The average molecular weight is 401 g/mol. The topological polar surface area (TPSA) is 18.5 Å². The lowest BCUT2D eigenvalue weighted by atomic mass is 10.1. The lowest BCUT2D eigenvalue weighted by Gasteiger charge is -2.18. The standard InChI is InChI=1S/C22H41O2PS/c1-3-5-16-23-22(24-17-6-4-2)15-11-9-7-8-10-12-18-25-20-21-14-13-19-26-21/h13-14,19,22,25H,3-12,15-18,20H2,1-2H3. The number of rotatable bonds is 19. The summed E-state index contributed by atoms with van der Waals surface area (Å²) in [5.74, 6) is 0. The molecule has 0 aliphatic carbocycles. The molecule has 0 amide bonds. The van der Waals surface area contributed by atoms with E-state index >= 15 is 0 Å². The summed E-state index contributed by atoms with van der Waals surface area (Å²) in [6.45, 7) is 6.11. The van der Waals surface area contributed by atoms with Crippen LogP contribution in [0, 0.1) is 0 Å². The van der Waals surface area contributed by atoms with Gasteiger partial charge in [-0.1, -0.05) is 58.4 Å². The minimum absolute atomic E-state index is 0.0338. The van der Waals surface area contributed by atoms with Crippen molar-refractivity contribution in [2.45, 2.75) is 96.9 Å². The van der Waals surface area contributed by atoms with Crippen LogP contribution in [0.4, 0.5) is 0 Å². The molecule has 1 unspecified atom stereocenters. The molecule has 0 bridgehead atoms. The summed E-state index contributed by atoms with van der Waals surface area (Å²) < 4.78 is 11.8. The molecule has 0 saturated carbocycles. The van der Waals surface area contributed by atoms with Crippen molar-refractivity contribution in [2.75, 3.05) is 19.4 Å². The summed E-state index contributed by atoms with van der Waals surface area (Å²) in [5.41, 5.74) is 0. The number of ether oxygens (including phenoxy) is 2. The lowest BCUT2D eigenvalue weighted by molar-refractivity contribution is -0.147. The average Bonchev–Trinajstić information content (AvgIpc) is 3.16. The zero-order chi connectivity index (χ0) is 18.7. The highest BCUT2D eigenvalue weighted by Gasteiger charge is 2.08. The fourth-order valence-electron chi connectivity index (χ4n) is 2.83. The fourth-order valence-corrected chi connectivity index (χ4v) is 5.00. The van der Waals surface area contributed by atoms with Crippen LogP contribution in [-0.2, 0) is 15.6 Å². The summed E-state index contributed by atoms with van der Waals surface area (Å²) in [4.78, 5) is 1.56. The molecule has 1 rings (SSSR count). The van der Waals surface area contributed by atoms with Gasteiger partial charge in [0.05, 0.1) is 0 Å². The van der Waals surface area contributed by atoms with Gasteiger partial charge in [-0.05, 0) is 55.9 Å². The molecule has 1 aromatic heterocycles. The maximum Gasteiger partial charge on any atom is 0.157 e. The zero-order valence-electron chi connectivity index (χ0n) is 17.1. The van der Waals surface area contributed by atoms with Crippen LogP contribution in [0.25, 0.3) is 0 Å². The van der Waals surface area contributed by atoms with Crippen LogP contribution in [-0.4, -0.2) is 25.7 Å². The molecule has 0 radical (unpaired) electrons. The van der Waals surface area contributed by atoms with Crippen molar-refractivity contribution in [1.29, 1.82) is 0 Å². The Kier molecular flexibility index (Phi) is 17.1. The molecule has 26 heavy (non-hydrogen) atoms. The first-order valence-electron chi connectivity index (χ1n) is 10.8. The second-order valence-electron chi connectivity index (χ2n) is 7.04. The minimum Gasteiger partial charge on any atom is -0.353 e. The predicted octanol–water partition coefficient (Wildman–Crippen LogP) is 7.62. The monoisotopic (exact) mass is 400 g/mol. The Morgan fingerprint density at radius 3 is 2.15 bits per heavy atom. The Bertz CT molecular complexity index is 374. The minimum atomic E-state index is 0.0338. The summed E-state index contributed by atoms with van der Waals surface area (Å²) in [6.07, 6.45) is 16.6. The molecule has 0 aromatic carbocycles. The highest BCUT2D eigenvalue weighted by atomic mass is 32.1. The van der Waals surface area contributed by atoms with Crippen LogP contribution in [0.15, 0.2) is 17.5 Å². The molecule has 0 fully saturated rings. The Balaban J connectivity index is 1.91. The number of unbranched alkanes of at least 4 members (excludes halogenated alkanes) is 7. The van der Waals surface area contributed by atoms with Crippen LogP contribution >= 0.6 is 19.9 Å². The van der Waals surface area contributed by atoms with E-state index in [4.69, 9.17) is 9.47 Å². The Hall–Kier alpha value is 0.0500. The molecule has 1 heterocycles. The molecule has 1 aromatic rings. The predicted molar refractivity (Wildman–Crippen MR) is 119 cm³/mol. The molecule has 152 valence electrons. The van der Waals surface area contributed by atoms with Crippen molar-refractivity contribution in [3.8, 4) is 0 Å². The van der Waals surface area contributed by atoms with Crippen molar-refractivity contribution < 1.29 is 9.47 Å². The van der Waals surface area contributed by atoms with Gasteiger partial charge < -0.3 is 9.47 Å². The van der Waals surface area contributed by atoms with Gasteiger partial charge in [-0.3, -0.25) is 0 Å². The van der Waals surface area contributed by atoms with E-state index in [1.165, 1.54) is 63.7 Å². The Morgan fingerprint density at radius 2 is 1.54 bits per heavy atom. The van der Waals surface area contributed by atoms with Crippen LogP contribution in [0.1, 0.15) is 89.4 Å². The maximum atomic E-state index is 5.91. The Labute approximate surface area is 168 Å². The van der Waals surface area contributed by atoms with Crippen LogP contribution < -0.4 is 0 Å². The second kappa shape index (κ2) is 18.4. The summed E-state index contributed by atoms with van der Waals surface area (Å²) in [6, 6.07) is 4.43. The maximum absolute atomic E-state index is 5.91. The molecule has 1 atom stereocenters. The van der Waals surface area contributed by atoms with Crippen LogP contribution in [0.3, 0.4) is 0 Å². The quantitative estimate of drug-likeness (QED) is 0.135. The molecule has 0 saturated heterocycles. The SMILES string of the molecule is CCCCOC(CCCCCCCCPCc1cccs1)OCCCC. The van der Waals surface area contributed by atoms with E-state index in [0.29, 0.717) is 0 Å². The van der Waals surface area contributed by atoms with Crippen LogP contribution in [0.5, 0.6) is 0 Å². The fraction of sp³-hybridized carbons (Fsp3) is 0.818. The summed E-state index contributed by atoms with van der Waals surface area (Å²) in [5, 5.41) is 2.19. The third kappa shape index (κ3) is 14.2. The van der Waals surface area contributed by atoms with Crippen LogP contribution in [0.2, 0.25) is 0 Å². The number of hydrogen-bond donors (Lipinski definition) is 0. The largest absolute Gasteiger partial charge is 0.353 e. The third-order valence-corrected chi connectivity index (χ3v) is 7.00. The number of thiophene rings is 1. The molecular weight excluding hydrogens is 359 g/mol. The normalized spacial score (nSPS) is 12.0. The van der Waals surface area contributed by atoms with E-state index in [1.807, 2.05) is 11.3 Å². The van der Waals surface area contributed by atoms with Gasteiger partial charge in [0.1, 0.15) is 0 Å². The van der Waals surface area contributed by atoms with Gasteiger partial charge in [0.2, 0.25) is 0 Å². The van der Waals surface area contributed by atoms with Crippen molar-refractivity contribution in [1.82, 2.24) is 0 Å². The summed E-state index contributed by atoms with van der Waals surface area (Å²) in [7, 11) is 1.11. The second-order valence-corrected chi connectivity index (χ2v) is 9.43. The molecule has 0 aliphatic heterocycles. The molecular formula is C22H41O2PS. The number of hydrogen-bond acceptors (Lipinski definition) is 3. The van der Waals surface area contributed by atoms with Gasteiger partial charge in [-0.25, -0.2) is 0 Å². The van der Waals surface area contributed by atoms with E-state index in [-0.39, 0.29) is 6.29 Å². The highest BCUT2D eigenvalue weighted by Crippen LogP contribution is 2.23. The third-order valence-electron chi connectivity index (χ3n) is 4.53. The first-order valence-corrected chi connectivity index (χ1v) is 13.1. The molecule has 0 N–H and O–H groups in total.